The van der Waals surface area contributed by atoms with Gasteiger partial charge in [-0.15, -0.1) is 0 Å². The van der Waals surface area contributed by atoms with E-state index < -0.39 is 11.5 Å². The summed E-state index contributed by atoms with van der Waals surface area (Å²) in [6.45, 7) is 0. The zero-order valence-electron chi connectivity index (χ0n) is 13.4. The number of carbonyl (C=O) groups excluding carboxylic acids is 1. The summed E-state index contributed by atoms with van der Waals surface area (Å²) in [6, 6.07) is 6.13. The molecule has 2 aliphatic rings. The largest absolute Gasteiger partial charge is 0.388 e. The van der Waals surface area contributed by atoms with Crippen molar-refractivity contribution in [3.05, 3.63) is 35.6 Å². The third-order valence-corrected chi connectivity index (χ3v) is 5.24. The lowest BCUT2D eigenvalue weighted by molar-refractivity contribution is -0.126. The molecule has 3 rings (SSSR count). The predicted octanol–water partition coefficient (Wildman–Crippen LogP) is 2.29. The van der Waals surface area contributed by atoms with Crippen molar-refractivity contribution in [3.8, 4) is 0 Å². The van der Waals surface area contributed by atoms with Crippen LogP contribution in [0.3, 0.4) is 0 Å². The number of carbonyl (C=O) groups is 1. The Labute approximate surface area is 136 Å². The molecule has 23 heavy (non-hydrogen) atoms. The van der Waals surface area contributed by atoms with Gasteiger partial charge in [0, 0.05) is 12.7 Å². The maximum Gasteiger partial charge on any atom is 0.231 e. The Morgan fingerprint density at radius 1 is 1.30 bits per heavy atom. The van der Waals surface area contributed by atoms with Gasteiger partial charge in [0.1, 0.15) is 11.9 Å². The smallest absolute Gasteiger partial charge is 0.231 e. The minimum atomic E-state index is -0.764. The highest BCUT2D eigenvalue weighted by Crippen LogP contribution is 2.49. The number of ether oxygens (including phenoxy) is 1. The first-order valence-corrected chi connectivity index (χ1v) is 8.35. The molecule has 126 valence electrons. The summed E-state index contributed by atoms with van der Waals surface area (Å²) < 4.78 is 19.4. The minimum absolute atomic E-state index is 0.177. The number of halogens is 1. The Bertz CT molecular complexity index is 573. The van der Waals surface area contributed by atoms with Crippen LogP contribution in [0.4, 0.5) is 4.39 Å². The van der Waals surface area contributed by atoms with Crippen molar-refractivity contribution >= 4 is 5.91 Å². The van der Waals surface area contributed by atoms with Gasteiger partial charge in [-0.25, -0.2) is 4.39 Å². The van der Waals surface area contributed by atoms with Crippen molar-refractivity contribution in [2.75, 3.05) is 7.11 Å². The Kier molecular flexibility index (Phi) is 4.69. The van der Waals surface area contributed by atoms with Gasteiger partial charge in [0.2, 0.25) is 5.91 Å². The van der Waals surface area contributed by atoms with Gasteiger partial charge in [0.25, 0.3) is 0 Å². The zero-order valence-corrected chi connectivity index (χ0v) is 13.4. The number of amides is 1. The molecule has 0 heterocycles. The lowest BCUT2D eigenvalue weighted by Crippen LogP contribution is -2.50. The molecule has 3 atom stereocenters. The highest BCUT2D eigenvalue weighted by Gasteiger charge is 2.53. The molecule has 0 spiro atoms. The van der Waals surface area contributed by atoms with E-state index in [1.807, 2.05) is 0 Å². The van der Waals surface area contributed by atoms with Crippen molar-refractivity contribution in [2.24, 2.45) is 0 Å². The Hall–Kier alpha value is -1.46. The van der Waals surface area contributed by atoms with Crippen LogP contribution in [0.15, 0.2) is 24.3 Å². The lowest BCUT2D eigenvalue weighted by Gasteiger charge is -2.28. The number of hydrogen-bond donors (Lipinski definition) is 2. The van der Waals surface area contributed by atoms with E-state index in [9.17, 15) is 14.3 Å². The van der Waals surface area contributed by atoms with E-state index in [2.05, 4.69) is 5.32 Å². The number of aliphatic hydroxyl groups excluding tert-OH is 1. The van der Waals surface area contributed by atoms with Crippen LogP contribution >= 0.6 is 0 Å². The summed E-state index contributed by atoms with van der Waals surface area (Å²) in [4.78, 5) is 12.8. The Balaban J connectivity index is 1.75. The highest BCUT2D eigenvalue weighted by molar-refractivity contribution is 5.91. The highest BCUT2D eigenvalue weighted by atomic mass is 19.1. The molecular formula is C18H24FNO3. The standard InChI is InChI=1S/C18H24FNO3/c1-23-15-9-5-4-8-14(16(15)21)20-17(22)18(10-11-18)12-6-2-3-7-13(12)19/h2-3,6-7,14-16,21H,4-5,8-11H2,1H3,(H,20,22)/t14-,15-,16-/m1/s1. The van der Waals surface area contributed by atoms with Crippen molar-refractivity contribution < 1.29 is 19.0 Å². The molecule has 2 aliphatic carbocycles. The third kappa shape index (κ3) is 3.12. The summed E-state index contributed by atoms with van der Waals surface area (Å²) in [6.07, 6.45) is 3.75. The van der Waals surface area contributed by atoms with Crippen molar-refractivity contribution in [2.45, 2.75) is 62.2 Å². The van der Waals surface area contributed by atoms with Crippen LogP contribution in [0.25, 0.3) is 0 Å². The number of nitrogens with one attached hydrogen (secondary N) is 1. The van der Waals surface area contributed by atoms with Gasteiger partial charge in [-0.1, -0.05) is 31.0 Å². The molecule has 0 saturated heterocycles. The summed E-state index contributed by atoms with van der Waals surface area (Å²) in [5.41, 5.74) is -0.302. The summed E-state index contributed by atoms with van der Waals surface area (Å²) in [7, 11) is 1.58. The summed E-state index contributed by atoms with van der Waals surface area (Å²) in [5, 5.41) is 13.4. The first kappa shape index (κ1) is 16.4. The molecule has 2 N–H and O–H groups in total. The zero-order chi connectivity index (χ0) is 16.4. The van der Waals surface area contributed by atoms with E-state index >= 15 is 0 Å². The van der Waals surface area contributed by atoms with Crippen LogP contribution in [-0.2, 0) is 14.9 Å². The van der Waals surface area contributed by atoms with Gasteiger partial charge in [-0.05, 0) is 31.7 Å². The fourth-order valence-electron chi connectivity index (χ4n) is 3.62. The second kappa shape index (κ2) is 6.57. The van der Waals surface area contributed by atoms with E-state index in [1.165, 1.54) is 6.07 Å². The minimum Gasteiger partial charge on any atom is -0.388 e. The average molecular weight is 321 g/mol. The van der Waals surface area contributed by atoms with Crippen molar-refractivity contribution in [1.29, 1.82) is 0 Å². The van der Waals surface area contributed by atoms with E-state index in [-0.39, 0.29) is 23.9 Å². The van der Waals surface area contributed by atoms with E-state index in [4.69, 9.17) is 4.74 Å². The van der Waals surface area contributed by atoms with Crippen LogP contribution < -0.4 is 5.32 Å². The molecule has 0 unspecified atom stereocenters. The number of hydrogen-bond acceptors (Lipinski definition) is 3. The maximum absolute atomic E-state index is 14.1. The third-order valence-electron chi connectivity index (χ3n) is 5.24. The van der Waals surface area contributed by atoms with Crippen LogP contribution in [-0.4, -0.2) is 36.4 Å². The molecule has 0 radical (unpaired) electrons. The number of benzene rings is 1. The normalized spacial score (nSPS) is 29.6. The molecular weight excluding hydrogens is 297 g/mol. The van der Waals surface area contributed by atoms with Crippen LogP contribution in [0, 0.1) is 5.82 Å². The molecule has 2 fully saturated rings. The van der Waals surface area contributed by atoms with Crippen LogP contribution in [0.5, 0.6) is 0 Å². The fraction of sp³-hybridized carbons (Fsp3) is 0.611. The molecule has 4 nitrogen and oxygen atoms in total. The van der Waals surface area contributed by atoms with Gasteiger partial charge in [0.05, 0.1) is 17.6 Å². The van der Waals surface area contributed by atoms with Crippen molar-refractivity contribution in [3.63, 3.8) is 0 Å². The first-order valence-electron chi connectivity index (χ1n) is 8.35. The van der Waals surface area contributed by atoms with Crippen LogP contribution in [0.1, 0.15) is 44.1 Å². The van der Waals surface area contributed by atoms with Gasteiger partial charge in [-0.3, -0.25) is 4.79 Å². The monoisotopic (exact) mass is 321 g/mol. The number of methoxy groups -OCH3 is 1. The second-order valence-electron chi connectivity index (χ2n) is 6.69. The molecule has 0 aromatic heterocycles. The molecule has 1 aromatic carbocycles. The molecule has 5 heteroatoms. The van der Waals surface area contributed by atoms with Gasteiger partial charge in [-0.2, -0.15) is 0 Å². The molecule has 1 amide bonds. The van der Waals surface area contributed by atoms with Gasteiger partial charge in [0.15, 0.2) is 0 Å². The predicted molar refractivity (Wildman–Crippen MR) is 84.5 cm³/mol. The average Bonchev–Trinajstić information content (AvgIpc) is 3.36. The second-order valence-corrected chi connectivity index (χ2v) is 6.69. The van der Waals surface area contributed by atoms with Crippen LogP contribution in [0.2, 0.25) is 0 Å². The molecule has 2 saturated carbocycles. The summed E-state index contributed by atoms with van der Waals surface area (Å²) >= 11 is 0. The van der Waals surface area contributed by atoms with Gasteiger partial charge < -0.3 is 15.2 Å². The van der Waals surface area contributed by atoms with E-state index in [1.54, 1.807) is 25.3 Å². The number of rotatable bonds is 4. The van der Waals surface area contributed by atoms with Gasteiger partial charge >= 0.3 is 0 Å². The summed E-state index contributed by atoms with van der Waals surface area (Å²) in [5.74, 6) is -0.514. The first-order chi connectivity index (χ1) is 11.1. The molecule has 1 aromatic rings. The van der Waals surface area contributed by atoms with E-state index in [0.717, 1.165) is 25.7 Å². The SMILES string of the molecule is CO[C@@H]1CCCC[C@@H](NC(=O)C2(c3ccccc3F)CC2)[C@H]1O. The molecule has 0 bridgehead atoms. The topological polar surface area (TPSA) is 58.6 Å². The van der Waals surface area contributed by atoms with E-state index in [0.29, 0.717) is 18.4 Å². The lowest BCUT2D eigenvalue weighted by atomic mass is 9.93. The molecule has 0 aliphatic heterocycles. The Morgan fingerprint density at radius 2 is 2.00 bits per heavy atom. The quantitative estimate of drug-likeness (QED) is 0.837. The number of aliphatic hydroxyl groups is 1. The maximum atomic E-state index is 14.1. The Morgan fingerprint density at radius 3 is 2.65 bits per heavy atom. The fourth-order valence-corrected chi connectivity index (χ4v) is 3.62. The van der Waals surface area contributed by atoms with Crippen molar-refractivity contribution in [1.82, 2.24) is 5.32 Å².